The highest BCUT2D eigenvalue weighted by Crippen LogP contribution is 2.22. The third kappa shape index (κ3) is 3.80. The number of rotatable bonds is 7. The minimum Gasteiger partial charge on any atom is -0.487 e. The topological polar surface area (TPSA) is 39.2 Å². The molecule has 0 N–H and O–H groups in total. The Kier molecular flexibility index (Phi) is 5.22. The van der Waals surface area contributed by atoms with Crippen LogP contribution >= 0.6 is 0 Å². The largest absolute Gasteiger partial charge is 0.487 e. The Balaban J connectivity index is 1.66. The van der Waals surface area contributed by atoms with Crippen molar-refractivity contribution in [2.75, 3.05) is 0 Å². The summed E-state index contributed by atoms with van der Waals surface area (Å²) in [6.45, 7) is 2.51. The number of para-hydroxylation sites is 1. The number of hydrogen-bond acceptors (Lipinski definition) is 3. The fraction of sp³-hybridized carbons (Fsp3) is 0.238. The molecule has 1 aromatic heterocycles. The van der Waals surface area contributed by atoms with Gasteiger partial charge in [-0.3, -0.25) is 0 Å². The molecule has 0 bridgehead atoms. The first-order chi connectivity index (χ1) is 11.8. The number of fused-ring (bicyclic) bond motifs is 1. The highest BCUT2D eigenvalue weighted by molar-refractivity contribution is 5.78. The van der Waals surface area contributed by atoms with Gasteiger partial charge in [0.2, 0.25) is 0 Å². The van der Waals surface area contributed by atoms with Crippen LogP contribution < -0.4 is 4.74 Å². The molecule has 0 radical (unpaired) electrons. The quantitative estimate of drug-likeness (QED) is 0.582. The number of benzene rings is 2. The van der Waals surface area contributed by atoms with Crippen molar-refractivity contribution >= 4 is 17.2 Å². The maximum Gasteiger partial charge on any atom is 0.130 e. The first kappa shape index (κ1) is 16.2. The van der Waals surface area contributed by atoms with Gasteiger partial charge in [-0.25, -0.2) is 4.98 Å². The molecule has 0 saturated heterocycles. The smallest absolute Gasteiger partial charge is 0.130 e. The molecule has 122 valence electrons. The minimum atomic E-state index is -0.0220. The van der Waals surface area contributed by atoms with Crippen LogP contribution in [-0.4, -0.2) is 11.3 Å². The Morgan fingerprint density at radius 3 is 2.58 bits per heavy atom. The molecule has 24 heavy (non-hydrogen) atoms. The zero-order valence-corrected chi connectivity index (χ0v) is 13.8. The van der Waals surface area contributed by atoms with Crippen LogP contribution in [0, 0.1) is 0 Å². The van der Waals surface area contributed by atoms with Crippen molar-refractivity contribution in [2.45, 2.75) is 32.3 Å². The second-order valence-electron chi connectivity index (χ2n) is 5.88. The highest BCUT2D eigenvalue weighted by atomic mass is 16.5. The Morgan fingerprint density at radius 1 is 1.04 bits per heavy atom. The Morgan fingerprint density at radius 2 is 1.83 bits per heavy atom. The second kappa shape index (κ2) is 7.73. The molecule has 1 atom stereocenters. The van der Waals surface area contributed by atoms with Gasteiger partial charge >= 0.3 is 0 Å². The van der Waals surface area contributed by atoms with Crippen LogP contribution in [0.1, 0.15) is 36.9 Å². The van der Waals surface area contributed by atoms with E-state index in [-0.39, 0.29) is 5.92 Å². The zero-order valence-electron chi connectivity index (χ0n) is 13.8. The Hall–Kier alpha value is -2.68. The van der Waals surface area contributed by atoms with Crippen LogP contribution in [-0.2, 0) is 11.4 Å². The summed E-state index contributed by atoms with van der Waals surface area (Å²) in [7, 11) is 0. The molecule has 3 nitrogen and oxygen atoms in total. The maximum atomic E-state index is 11.2. The molecule has 1 heterocycles. The number of carbonyl (C=O) groups is 1. The SMILES string of the molecule is CCCC(C=O)c1ccc(OCc2ccc3ccccc3n2)cc1. The third-order valence-electron chi connectivity index (χ3n) is 4.12. The lowest BCUT2D eigenvalue weighted by molar-refractivity contribution is -0.109. The van der Waals surface area contributed by atoms with Gasteiger partial charge in [-0.2, -0.15) is 0 Å². The molecule has 3 heteroatoms. The normalized spacial score (nSPS) is 12.0. The van der Waals surface area contributed by atoms with E-state index in [2.05, 4.69) is 18.0 Å². The third-order valence-corrected chi connectivity index (χ3v) is 4.12. The Labute approximate surface area is 142 Å². The summed E-state index contributed by atoms with van der Waals surface area (Å²) in [6, 6.07) is 19.9. The molecule has 0 aliphatic rings. The molecule has 0 fully saturated rings. The number of aromatic nitrogens is 1. The number of ether oxygens (including phenoxy) is 1. The minimum absolute atomic E-state index is 0.0220. The van der Waals surface area contributed by atoms with E-state index in [1.807, 2.05) is 54.6 Å². The first-order valence-corrected chi connectivity index (χ1v) is 8.33. The lowest BCUT2D eigenvalue weighted by Gasteiger charge is -2.11. The van der Waals surface area contributed by atoms with Gasteiger partial charge in [0.1, 0.15) is 18.6 Å². The summed E-state index contributed by atoms with van der Waals surface area (Å²) in [5, 5.41) is 1.13. The van der Waals surface area contributed by atoms with Crippen LogP contribution in [0.4, 0.5) is 0 Å². The van der Waals surface area contributed by atoms with Crippen LogP contribution in [0.5, 0.6) is 5.75 Å². The first-order valence-electron chi connectivity index (χ1n) is 8.33. The maximum absolute atomic E-state index is 11.2. The summed E-state index contributed by atoms with van der Waals surface area (Å²) < 4.78 is 5.82. The lowest BCUT2D eigenvalue weighted by Crippen LogP contribution is -2.01. The number of aldehydes is 1. The zero-order chi connectivity index (χ0) is 16.8. The molecule has 0 spiro atoms. The van der Waals surface area contributed by atoms with E-state index in [9.17, 15) is 4.79 Å². The van der Waals surface area contributed by atoms with Gasteiger partial charge in [0.15, 0.2) is 0 Å². The van der Waals surface area contributed by atoms with E-state index in [1.165, 1.54) is 0 Å². The van der Waals surface area contributed by atoms with Gasteiger partial charge in [0, 0.05) is 11.3 Å². The van der Waals surface area contributed by atoms with Gasteiger partial charge in [0.05, 0.1) is 11.2 Å². The van der Waals surface area contributed by atoms with E-state index >= 15 is 0 Å². The van der Waals surface area contributed by atoms with Crippen molar-refractivity contribution in [1.29, 1.82) is 0 Å². The fourth-order valence-electron chi connectivity index (χ4n) is 2.78. The van der Waals surface area contributed by atoms with Crippen molar-refractivity contribution in [3.05, 3.63) is 71.9 Å². The van der Waals surface area contributed by atoms with Gasteiger partial charge in [0.25, 0.3) is 0 Å². The van der Waals surface area contributed by atoms with Crippen molar-refractivity contribution in [3.63, 3.8) is 0 Å². The number of carbonyl (C=O) groups excluding carboxylic acids is 1. The molecule has 2 aromatic carbocycles. The van der Waals surface area contributed by atoms with Gasteiger partial charge in [-0.1, -0.05) is 49.7 Å². The predicted molar refractivity (Wildman–Crippen MR) is 96.2 cm³/mol. The number of nitrogens with zero attached hydrogens (tertiary/aromatic N) is 1. The van der Waals surface area contributed by atoms with E-state index in [4.69, 9.17) is 4.74 Å². The molecule has 0 aliphatic carbocycles. The van der Waals surface area contributed by atoms with Crippen LogP contribution in [0.15, 0.2) is 60.7 Å². The van der Waals surface area contributed by atoms with Crippen LogP contribution in [0.3, 0.4) is 0 Å². The van der Waals surface area contributed by atoms with Crippen molar-refractivity contribution in [2.24, 2.45) is 0 Å². The summed E-state index contributed by atoms with van der Waals surface area (Å²) in [6.07, 6.45) is 2.90. The van der Waals surface area contributed by atoms with Crippen molar-refractivity contribution in [3.8, 4) is 5.75 Å². The fourth-order valence-corrected chi connectivity index (χ4v) is 2.78. The molecule has 3 aromatic rings. The predicted octanol–water partition coefficient (Wildman–Crippen LogP) is 4.90. The van der Waals surface area contributed by atoms with Gasteiger partial charge in [-0.15, -0.1) is 0 Å². The molecule has 0 saturated carbocycles. The van der Waals surface area contributed by atoms with Crippen molar-refractivity contribution < 1.29 is 9.53 Å². The van der Waals surface area contributed by atoms with Gasteiger partial charge < -0.3 is 9.53 Å². The molecular weight excluding hydrogens is 298 g/mol. The number of pyridine rings is 1. The Bertz CT molecular complexity index is 811. The van der Waals surface area contributed by atoms with E-state index < -0.39 is 0 Å². The van der Waals surface area contributed by atoms with Crippen LogP contribution in [0.25, 0.3) is 10.9 Å². The van der Waals surface area contributed by atoms with Gasteiger partial charge in [-0.05, 0) is 36.2 Å². The summed E-state index contributed by atoms with van der Waals surface area (Å²) in [5.41, 5.74) is 2.92. The summed E-state index contributed by atoms with van der Waals surface area (Å²) in [5.74, 6) is 0.765. The summed E-state index contributed by atoms with van der Waals surface area (Å²) in [4.78, 5) is 15.8. The molecule has 0 aliphatic heterocycles. The van der Waals surface area contributed by atoms with E-state index in [0.717, 1.165) is 47.0 Å². The average Bonchev–Trinajstić information content (AvgIpc) is 2.65. The highest BCUT2D eigenvalue weighted by Gasteiger charge is 2.09. The van der Waals surface area contributed by atoms with Crippen molar-refractivity contribution in [1.82, 2.24) is 4.98 Å². The standard InChI is InChI=1S/C21H21NO2/c1-2-5-18(14-23)16-9-12-20(13-10-16)24-15-19-11-8-17-6-3-4-7-21(17)22-19/h3-4,6-14,18H,2,5,15H2,1H3. The number of hydrogen-bond donors (Lipinski definition) is 0. The van der Waals surface area contributed by atoms with E-state index in [0.29, 0.717) is 6.61 Å². The lowest BCUT2D eigenvalue weighted by atomic mass is 9.96. The van der Waals surface area contributed by atoms with Crippen LogP contribution in [0.2, 0.25) is 0 Å². The molecule has 0 amide bonds. The molecular formula is C21H21NO2. The molecule has 3 rings (SSSR count). The van der Waals surface area contributed by atoms with E-state index in [1.54, 1.807) is 0 Å². The average molecular weight is 319 g/mol. The summed E-state index contributed by atoms with van der Waals surface area (Å²) >= 11 is 0. The monoisotopic (exact) mass is 319 g/mol. The second-order valence-corrected chi connectivity index (χ2v) is 5.88. The molecule has 1 unspecified atom stereocenters.